The number of nitrogens with two attached hydrogens (primary N) is 1. The van der Waals surface area contributed by atoms with Gasteiger partial charge in [-0.2, -0.15) is 12.7 Å². The lowest BCUT2D eigenvalue weighted by Gasteiger charge is -2.39. The van der Waals surface area contributed by atoms with Crippen LogP contribution >= 0.6 is 0 Å². The Labute approximate surface area is 80.3 Å². The van der Waals surface area contributed by atoms with E-state index in [9.17, 15) is 8.42 Å². The van der Waals surface area contributed by atoms with E-state index in [1.165, 1.54) is 4.31 Å². The molecule has 0 aliphatic carbocycles. The third-order valence-corrected chi connectivity index (χ3v) is 3.20. The summed E-state index contributed by atoms with van der Waals surface area (Å²) in [7, 11) is -3.42. The summed E-state index contributed by atoms with van der Waals surface area (Å²) in [5, 5.41) is 4.96. The molecule has 5 heteroatoms. The zero-order chi connectivity index (χ0) is 10.3. The van der Waals surface area contributed by atoms with Gasteiger partial charge in [0.1, 0.15) is 0 Å². The highest BCUT2D eigenvalue weighted by atomic mass is 32.2. The summed E-state index contributed by atoms with van der Waals surface area (Å²) in [5.41, 5.74) is 0.273. The highest BCUT2D eigenvalue weighted by Crippen LogP contribution is 2.30. The Morgan fingerprint density at radius 2 is 1.85 bits per heavy atom. The molecule has 4 nitrogen and oxygen atoms in total. The largest absolute Gasteiger partial charge is 0.276 e. The van der Waals surface area contributed by atoms with Gasteiger partial charge in [-0.15, -0.1) is 0 Å². The summed E-state index contributed by atoms with van der Waals surface area (Å²) in [5.74, 6) is 0.485. The molecule has 0 aromatic rings. The molecule has 1 rings (SSSR count). The van der Waals surface area contributed by atoms with Gasteiger partial charge in [0.05, 0.1) is 0 Å². The molecular weight excluding hydrogens is 188 g/mol. The van der Waals surface area contributed by atoms with Crippen molar-refractivity contribution in [1.29, 1.82) is 0 Å². The minimum atomic E-state index is -3.42. The third kappa shape index (κ3) is 3.25. The maximum Gasteiger partial charge on any atom is 0.276 e. The van der Waals surface area contributed by atoms with Crippen molar-refractivity contribution in [2.45, 2.75) is 27.2 Å². The predicted molar refractivity (Wildman–Crippen MR) is 52.2 cm³/mol. The van der Waals surface area contributed by atoms with Crippen molar-refractivity contribution >= 4 is 10.2 Å². The van der Waals surface area contributed by atoms with E-state index in [1.54, 1.807) is 0 Å². The molecule has 1 aliphatic heterocycles. The van der Waals surface area contributed by atoms with E-state index in [4.69, 9.17) is 5.14 Å². The van der Waals surface area contributed by atoms with Crippen LogP contribution in [0.5, 0.6) is 0 Å². The molecule has 0 aromatic heterocycles. The topological polar surface area (TPSA) is 63.4 Å². The zero-order valence-corrected chi connectivity index (χ0v) is 9.26. The Balaban J connectivity index is 2.35. The first kappa shape index (κ1) is 10.9. The summed E-state index contributed by atoms with van der Waals surface area (Å²) in [6.45, 7) is 7.66. The van der Waals surface area contributed by atoms with Gasteiger partial charge >= 0.3 is 0 Å². The molecule has 2 N–H and O–H groups in total. The fourth-order valence-electron chi connectivity index (χ4n) is 1.73. The van der Waals surface area contributed by atoms with Gasteiger partial charge in [0, 0.05) is 13.1 Å². The van der Waals surface area contributed by atoms with E-state index >= 15 is 0 Å². The van der Waals surface area contributed by atoms with E-state index in [0.717, 1.165) is 6.42 Å². The smallest absolute Gasteiger partial charge is 0.216 e. The molecular formula is C8H18N2O2S. The Hall–Kier alpha value is -0.130. The lowest BCUT2D eigenvalue weighted by Crippen LogP contribution is -2.53. The molecule has 0 bridgehead atoms. The van der Waals surface area contributed by atoms with Crippen molar-refractivity contribution in [3.05, 3.63) is 0 Å². The minimum Gasteiger partial charge on any atom is -0.216 e. The van der Waals surface area contributed by atoms with Gasteiger partial charge in [-0.25, -0.2) is 5.14 Å². The molecule has 1 saturated heterocycles. The Kier molecular flexibility index (Phi) is 2.71. The Morgan fingerprint density at radius 3 is 2.15 bits per heavy atom. The van der Waals surface area contributed by atoms with Crippen molar-refractivity contribution in [1.82, 2.24) is 4.31 Å². The molecule has 0 saturated carbocycles. The lowest BCUT2D eigenvalue weighted by molar-refractivity contribution is 0.144. The number of hydrogen-bond donors (Lipinski definition) is 1. The van der Waals surface area contributed by atoms with Gasteiger partial charge < -0.3 is 0 Å². The molecule has 0 aromatic carbocycles. The van der Waals surface area contributed by atoms with Crippen molar-refractivity contribution < 1.29 is 8.42 Å². The van der Waals surface area contributed by atoms with Crippen LogP contribution in [0.1, 0.15) is 27.2 Å². The van der Waals surface area contributed by atoms with Crippen molar-refractivity contribution in [2.75, 3.05) is 13.1 Å². The first-order valence-corrected chi connectivity index (χ1v) is 5.97. The standard InChI is InChI=1S/C8H18N2O2S/c1-8(2,3)4-7-5-10(6-7)13(9,11)12/h7H,4-6H2,1-3H3,(H2,9,11,12). The highest BCUT2D eigenvalue weighted by Gasteiger charge is 2.35. The van der Waals surface area contributed by atoms with Gasteiger partial charge in [0.2, 0.25) is 0 Å². The van der Waals surface area contributed by atoms with Crippen LogP contribution in [0.3, 0.4) is 0 Å². The van der Waals surface area contributed by atoms with Crippen LogP contribution in [-0.4, -0.2) is 25.8 Å². The van der Waals surface area contributed by atoms with E-state index in [0.29, 0.717) is 19.0 Å². The molecule has 0 unspecified atom stereocenters. The van der Waals surface area contributed by atoms with Crippen molar-refractivity contribution in [2.24, 2.45) is 16.5 Å². The second-order valence-corrected chi connectivity index (χ2v) is 6.54. The van der Waals surface area contributed by atoms with Crippen molar-refractivity contribution in [3.8, 4) is 0 Å². The van der Waals surface area contributed by atoms with Gasteiger partial charge in [-0.05, 0) is 17.8 Å². The van der Waals surface area contributed by atoms with Crippen LogP contribution in [-0.2, 0) is 10.2 Å². The minimum absolute atomic E-state index is 0.273. The molecule has 13 heavy (non-hydrogen) atoms. The van der Waals surface area contributed by atoms with Crippen LogP contribution in [0.2, 0.25) is 0 Å². The quantitative estimate of drug-likeness (QED) is 0.717. The molecule has 78 valence electrons. The van der Waals surface area contributed by atoms with Gasteiger partial charge in [-0.3, -0.25) is 0 Å². The van der Waals surface area contributed by atoms with Crippen LogP contribution in [0.15, 0.2) is 0 Å². The van der Waals surface area contributed by atoms with Crippen LogP contribution in [0, 0.1) is 11.3 Å². The van der Waals surface area contributed by atoms with Crippen LogP contribution in [0.4, 0.5) is 0 Å². The van der Waals surface area contributed by atoms with Gasteiger partial charge in [0.15, 0.2) is 0 Å². The van der Waals surface area contributed by atoms with Gasteiger partial charge in [-0.1, -0.05) is 20.8 Å². The monoisotopic (exact) mass is 206 g/mol. The number of nitrogens with zero attached hydrogens (tertiary/aromatic N) is 1. The van der Waals surface area contributed by atoms with E-state index in [-0.39, 0.29) is 5.41 Å². The van der Waals surface area contributed by atoms with Crippen LogP contribution in [0.25, 0.3) is 0 Å². The highest BCUT2D eigenvalue weighted by molar-refractivity contribution is 7.86. The average Bonchev–Trinajstić information content (AvgIpc) is 1.71. The van der Waals surface area contributed by atoms with Gasteiger partial charge in [0.25, 0.3) is 10.2 Å². The number of rotatable bonds is 2. The fourth-order valence-corrected chi connectivity index (χ4v) is 2.56. The molecule has 1 heterocycles. The fraction of sp³-hybridized carbons (Fsp3) is 1.00. The van der Waals surface area contributed by atoms with Crippen LogP contribution < -0.4 is 5.14 Å². The zero-order valence-electron chi connectivity index (χ0n) is 8.45. The maximum absolute atomic E-state index is 10.8. The summed E-state index contributed by atoms with van der Waals surface area (Å²) >= 11 is 0. The summed E-state index contributed by atoms with van der Waals surface area (Å²) in [6, 6.07) is 0. The molecule has 0 amide bonds. The SMILES string of the molecule is CC(C)(C)CC1CN(S(N)(=O)=O)C1. The Bertz CT molecular complexity index is 273. The first-order chi connectivity index (χ1) is 5.68. The molecule has 0 spiro atoms. The molecule has 0 radical (unpaired) electrons. The third-order valence-electron chi connectivity index (χ3n) is 2.18. The molecule has 1 aliphatic rings. The van der Waals surface area contributed by atoms with E-state index < -0.39 is 10.2 Å². The Morgan fingerprint density at radius 1 is 1.38 bits per heavy atom. The second-order valence-electron chi connectivity index (χ2n) is 4.99. The maximum atomic E-state index is 10.8. The normalized spacial score (nSPS) is 21.5. The molecule has 0 atom stereocenters. The lowest BCUT2D eigenvalue weighted by atomic mass is 9.82. The number of hydrogen-bond acceptors (Lipinski definition) is 2. The average molecular weight is 206 g/mol. The molecule has 1 fully saturated rings. The summed E-state index contributed by atoms with van der Waals surface area (Å²) in [4.78, 5) is 0. The van der Waals surface area contributed by atoms with E-state index in [2.05, 4.69) is 20.8 Å². The summed E-state index contributed by atoms with van der Waals surface area (Å²) < 4.78 is 23.0. The van der Waals surface area contributed by atoms with E-state index in [1.807, 2.05) is 0 Å². The second kappa shape index (κ2) is 3.22. The first-order valence-electron chi connectivity index (χ1n) is 4.46. The summed E-state index contributed by atoms with van der Waals surface area (Å²) in [6.07, 6.45) is 1.05. The predicted octanol–water partition coefficient (Wildman–Crippen LogP) is 0.558. The van der Waals surface area contributed by atoms with Crippen molar-refractivity contribution in [3.63, 3.8) is 0 Å².